The fourth-order valence-corrected chi connectivity index (χ4v) is 4.27. The molecule has 0 atom stereocenters. The van der Waals surface area contributed by atoms with Crippen LogP contribution in [0.2, 0.25) is 14.8 Å². The molecular formula is C11H18N2OSn. The number of hydrogen-bond donors (Lipinski definition) is 1. The van der Waals surface area contributed by atoms with Crippen molar-refractivity contribution in [3.63, 3.8) is 0 Å². The van der Waals surface area contributed by atoms with E-state index in [1.54, 1.807) is 0 Å². The van der Waals surface area contributed by atoms with Gasteiger partial charge in [0.2, 0.25) is 0 Å². The van der Waals surface area contributed by atoms with Gasteiger partial charge in [-0.1, -0.05) is 0 Å². The van der Waals surface area contributed by atoms with Crippen molar-refractivity contribution in [1.82, 2.24) is 9.97 Å². The Labute approximate surface area is 94.8 Å². The van der Waals surface area contributed by atoms with E-state index in [0.29, 0.717) is 5.82 Å². The average molecular weight is 313 g/mol. The fourth-order valence-electron chi connectivity index (χ4n) is 1.69. The SMILES string of the molecule is [CH3][Sn]([CH3])([CH3])[c]1cnc(C2(O)CCC2)nc1. The van der Waals surface area contributed by atoms with Crippen LogP contribution in [0.25, 0.3) is 0 Å². The third kappa shape index (κ3) is 2.18. The Morgan fingerprint density at radius 1 is 1.20 bits per heavy atom. The van der Waals surface area contributed by atoms with Crippen LogP contribution < -0.4 is 3.58 Å². The van der Waals surface area contributed by atoms with E-state index in [1.807, 2.05) is 12.4 Å². The summed E-state index contributed by atoms with van der Waals surface area (Å²) in [7, 11) is 0. The van der Waals surface area contributed by atoms with Crippen LogP contribution in [0, 0.1) is 0 Å². The maximum atomic E-state index is 10.1. The Morgan fingerprint density at radius 2 is 1.73 bits per heavy atom. The van der Waals surface area contributed by atoms with E-state index in [9.17, 15) is 5.11 Å². The standard InChI is InChI=1S/C8H9N2O.3CH3.Sn/c11-8(3-1-4-8)7-9-5-2-6-10-7;;;;/h5-6,11H,1,3-4H2;3*1H3;. The molecule has 1 aromatic rings. The van der Waals surface area contributed by atoms with E-state index >= 15 is 0 Å². The van der Waals surface area contributed by atoms with Crippen LogP contribution in [-0.4, -0.2) is 33.5 Å². The Morgan fingerprint density at radius 3 is 2.07 bits per heavy atom. The van der Waals surface area contributed by atoms with Crippen LogP contribution in [0.3, 0.4) is 0 Å². The molecule has 82 valence electrons. The van der Waals surface area contributed by atoms with Crippen molar-refractivity contribution >= 4 is 22.0 Å². The molecule has 0 saturated heterocycles. The van der Waals surface area contributed by atoms with Crippen molar-refractivity contribution in [1.29, 1.82) is 0 Å². The molecule has 1 saturated carbocycles. The van der Waals surface area contributed by atoms with Gasteiger partial charge in [0.1, 0.15) is 0 Å². The number of nitrogens with zero attached hydrogens (tertiary/aromatic N) is 2. The van der Waals surface area contributed by atoms with Gasteiger partial charge in [0, 0.05) is 0 Å². The molecule has 1 aliphatic rings. The first-order valence-electron chi connectivity index (χ1n) is 5.47. The maximum absolute atomic E-state index is 10.1. The molecule has 0 aromatic carbocycles. The topological polar surface area (TPSA) is 46.0 Å². The monoisotopic (exact) mass is 314 g/mol. The molecule has 3 nitrogen and oxygen atoms in total. The summed E-state index contributed by atoms with van der Waals surface area (Å²) in [6.07, 6.45) is 6.56. The fraction of sp³-hybridized carbons (Fsp3) is 0.636. The van der Waals surface area contributed by atoms with Crippen molar-refractivity contribution in [2.75, 3.05) is 0 Å². The normalized spacial score (nSPS) is 19.7. The molecule has 1 fully saturated rings. The van der Waals surface area contributed by atoms with Gasteiger partial charge in [0.05, 0.1) is 0 Å². The van der Waals surface area contributed by atoms with E-state index in [1.165, 1.54) is 3.58 Å². The molecule has 1 aromatic heterocycles. The van der Waals surface area contributed by atoms with Gasteiger partial charge >= 0.3 is 94.9 Å². The van der Waals surface area contributed by atoms with Crippen LogP contribution >= 0.6 is 0 Å². The zero-order chi connectivity index (χ0) is 11.1. The second-order valence-electron chi connectivity index (χ2n) is 5.43. The Bertz CT molecular complexity index is 352. The Kier molecular flexibility index (Phi) is 2.79. The van der Waals surface area contributed by atoms with E-state index < -0.39 is 24.0 Å². The first-order valence-corrected chi connectivity index (χ1v) is 15.5. The Balaban J connectivity index is 2.24. The summed E-state index contributed by atoms with van der Waals surface area (Å²) in [6, 6.07) is 0. The molecule has 0 radical (unpaired) electrons. The average Bonchev–Trinajstić information content (AvgIpc) is 2.13. The molecule has 0 unspecified atom stereocenters. The number of hydrogen-bond acceptors (Lipinski definition) is 3. The van der Waals surface area contributed by atoms with Gasteiger partial charge in [0.15, 0.2) is 0 Å². The minimum atomic E-state index is -2.02. The summed E-state index contributed by atoms with van der Waals surface area (Å²) in [4.78, 5) is 15.7. The molecule has 0 bridgehead atoms. The zero-order valence-corrected chi connectivity index (χ0v) is 12.5. The zero-order valence-electron chi connectivity index (χ0n) is 9.62. The van der Waals surface area contributed by atoms with Gasteiger partial charge < -0.3 is 0 Å². The van der Waals surface area contributed by atoms with Gasteiger partial charge in [-0.15, -0.1) is 0 Å². The summed E-state index contributed by atoms with van der Waals surface area (Å²) < 4.78 is 1.32. The predicted octanol–water partition coefficient (Wildman–Crippen LogP) is 1.39. The van der Waals surface area contributed by atoms with E-state index in [4.69, 9.17) is 0 Å². The molecule has 0 aliphatic heterocycles. The van der Waals surface area contributed by atoms with Gasteiger partial charge in [0.25, 0.3) is 0 Å². The van der Waals surface area contributed by atoms with Gasteiger partial charge in [-0.05, 0) is 0 Å². The molecule has 1 heterocycles. The summed E-state index contributed by atoms with van der Waals surface area (Å²) >= 11 is -2.02. The third-order valence-electron chi connectivity index (χ3n) is 3.11. The van der Waals surface area contributed by atoms with Gasteiger partial charge in [-0.25, -0.2) is 0 Å². The summed E-state index contributed by atoms with van der Waals surface area (Å²) in [5.74, 6) is 0.619. The molecule has 4 heteroatoms. The molecule has 1 aliphatic carbocycles. The third-order valence-corrected chi connectivity index (χ3v) is 8.80. The van der Waals surface area contributed by atoms with Gasteiger partial charge in [-0.3, -0.25) is 0 Å². The van der Waals surface area contributed by atoms with Gasteiger partial charge in [-0.2, -0.15) is 0 Å². The second-order valence-corrected chi connectivity index (χ2v) is 19.9. The van der Waals surface area contributed by atoms with Crippen LogP contribution in [0.15, 0.2) is 12.4 Å². The second kappa shape index (κ2) is 3.70. The number of aliphatic hydroxyl groups is 1. The Hall–Kier alpha value is -0.161. The van der Waals surface area contributed by atoms with E-state index in [0.717, 1.165) is 19.3 Å². The number of aromatic nitrogens is 2. The van der Waals surface area contributed by atoms with E-state index in [2.05, 4.69) is 24.8 Å². The van der Waals surface area contributed by atoms with E-state index in [-0.39, 0.29) is 0 Å². The van der Waals surface area contributed by atoms with Crippen molar-refractivity contribution in [3.8, 4) is 0 Å². The van der Waals surface area contributed by atoms with Crippen molar-refractivity contribution in [2.24, 2.45) is 0 Å². The van der Waals surface area contributed by atoms with Crippen LogP contribution in [0.5, 0.6) is 0 Å². The molecule has 0 spiro atoms. The first-order chi connectivity index (χ1) is 6.92. The molecule has 1 N–H and O–H groups in total. The molecule has 15 heavy (non-hydrogen) atoms. The van der Waals surface area contributed by atoms with Crippen molar-refractivity contribution in [2.45, 2.75) is 39.7 Å². The minimum absolute atomic E-state index is 0.619. The predicted molar refractivity (Wildman–Crippen MR) is 62.8 cm³/mol. The number of rotatable bonds is 2. The quantitative estimate of drug-likeness (QED) is 0.840. The summed E-state index contributed by atoms with van der Waals surface area (Å²) in [5.41, 5.74) is -0.716. The molecule has 2 rings (SSSR count). The van der Waals surface area contributed by atoms with Crippen LogP contribution in [0.4, 0.5) is 0 Å². The van der Waals surface area contributed by atoms with Crippen LogP contribution in [0.1, 0.15) is 25.1 Å². The van der Waals surface area contributed by atoms with Crippen molar-refractivity contribution < 1.29 is 5.11 Å². The molecule has 0 amide bonds. The van der Waals surface area contributed by atoms with Crippen molar-refractivity contribution in [3.05, 3.63) is 18.2 Å². The van der Waals surface area contributed by atoms with Crippen LogP contribution in [-0.2, 0) is 5.60 Å². The summed E-state index contributed by atoms with van der Waals surface area (Å²) in [5, 5.41) is 10.1. The molecular weight excluding hydrogens is 295 g/mol. The summed E-state index contributed by atoms with van der Waals surface area (Å²) in [6.45, 7) is 0. The first kappa shape index (κ1) is 11.3.